The summed E-state index contributed by atoms with van der Waals surface area (Å²) >= 11 is 0. The van der Waals surface area contributed by atoms with Crippen molar-refractivity contribution in [1.29, 1.82) is 5.26 Å². The number of sulfonamides is 1. The molecule has 1 saturated carbocycles. The van der Waals surface area contributed by atoms with E-state index in [-0.39, 0.29) is 16.5 Å². The maximum Gasteiger partial charge on any atom is 0.352 e. The van der Waals surface area contributed by atoms with Crippen molar-refractivity contribution in [3.05, 3.63) is 18.0 Å². The van der Waals surface area contributed by atoms with E-state index in [1.807, 2.05) is 0 Å². The Labute approximate surface area is 110 Å². The van der Waals surface area contributed by atoms with Crippen molar-refractivity contribution in [2.75, 3.05) is 0 Å². The zero-order chi connectivity index (χ0) is 14.0. The van der Waals surface area contributed by atoms with Crippen molar-refractivity contribution in [2.45, 2.75) is 30.2 Å². The molecule has 2 rings (SSSR count). The van der Waals surface area contributed by atoms with Crippen LogP contribution in [0.2, 0.25) is 0 Å². The van der Waals surface area contributed by atoms with Gasteiger partial charge in [-0.05, 0) is 18.9 Å². The summed E-state index contributed by atoms with van der Waals surface area (Å²) in [5, 5.41) is 17.7. The first-order valence-electron chi connectivity index (χ1n) is 5.77. The minimum atomic E-state index is -3.80. The van der Waals surface area contributed by atoms with Gasteiger partial charge in [0.15, 0.2) is 0 Å². The van der Waals surface area contributed by atoms with Gasteiger partial charge in [-0.1, -0.05) is 6.42 Å². The molecule has 0 spiro atoms. The van der Waals surface area contributed by atoms with Gasteiger partial charge in [0.2, 0.25) is 10.0 Å². The van der Waals surface area contributed by atoms with Gasteiger partial charge in [0.25, 0.3) is 0 Å². The van der Waals surface area contributed by atoms with Gasteiger partial charge in [0, 0.05) is 12.2 Å². The highest BCUT2D eigenvalue weighted by atomic mass is 32.2. The van der Waals surface area contributed by atoms with Gasteiger partial charge in [-0.2, -0.15) is 5.26 Å². The van der Waals surface area contributed by atoms with Crippen LogP contribution in [0.3, 0.4) is 0 Å². The highest BCUT2D eigenvalue weighted by Crippen LogP contribution is 2.26. The number of nitrogens with one attached hydrogen (secondary N) is 2. The van der Waals surface area contributed by atoms with Crippen LogP contribution in [0, 0.1) is 17.2 Å². The zero-order valence-corrected chi connectivity index (χ0v) is 10.8. The van der Waals surface area contributed by atoms with E-state index in [0.717, 1.165) is 18.7 Å². The number of carbonyl (C=O) groups is 1. The number of nitriles is 1. The van der Waals surface area contributed by atoms with E-state index in [1.165, 1.54) is 0 Å². The molecule has 1 aromatic heterocycles. The van der Waals surface area contributed by atoms with Crippen molar-refractivity contribution >= 4 is 16.0 Å². The summed E-state index contributed by atoms with van der Waals surface area (Å²) in [6, 6.07) is 2.73. The Morgan fingerprint density at radius 2 is 2.26 bits per heavy atom. The zero-order valence-electron chi connectivity index (χ0n) is 9.96. The van der Waals surface area contributed by atoms with E-state index in [2.05, 4.69) is 15.8 Å². The topological polar surface area (TPSA) is 123 Å². The minimum absolute atomic E-state index is 0.131. The summed E-state index contributed by atoms with van der Waals surface area (Å²) in [4.78, 5) is 12.9. The lowest BCUT2D eigenvalue weighted by Crippen LogP contribution is -2.36. The maximum atomic E-state index is 12.1. The summed E-state index contributed by atoms with van der Waals surface area (Å²) < 4.78 is 26.6. The lowest BCUT2D eigenvalue weighted by molar-refractivity contribution is 0.0691. The lowest BCUT2D eigenvalue weighted by atomic mass is 10.1. The highest BCUT2D eigenvalue weighted by Gasteiger charge is 2.31. The van der Waals surface area contributed by atoms with Crippen LogP contribution in [-0.4, -0.2) is 30.5 Å². The summed E-state index contributed by atoms with van der Waals surface area (Å²) in [7, 11) is -3.80. The monoisotopic (exact) mass is 283 g/mol. The molecular weight excluding hydrogens is 270 g/mol. The third-order valence-corrected chi connectivity index (χ3v) is 4.65. The number of nitrogens with zero attached hydrogens (tertiary/aromatic N) is 1. The smallest absolute Gasteiger partial charge is 0.352 e. The van der Waals surface area contributed by atoms with Crippen LogP contribution in [0.1, 0.15) is 29.8 Å². The predicted molar refractivity (Wildman–Crippen MR) is 64.8 cm³/mol. The molecule has 1 aliphatic rings. The summed E-state index contributed by atoms with van der Waals surface area (Å²) in [6.45, 7) is 0. The number of rotatable bonds is 4. The summed E-state index contributed by atoms with van der Waals surface area (Å²) in [5.41, 5.74) is -0.191. The quantitative estimate of drug-likeness (QED) is 0.749. The molecule has 1 aromatic rings. The van der Waals surface area contributed by atoms with Crippen LogP contribution >= 0.6 is 0 Å². The number of aromatic carboxylic acids is 1. The fraction of sp³-hybridized carbons (Fsp3) is 0.455. The molecule has 3 N–H and O–H groups in total. The van der Waals surface area contributed by atoms with Gasteiger partial charge in [0.1, 0.15) is 10.6 Å². The fourth-order valence-corrected chi connectivity index (χ4v) is 3.48. The van der Waals surface area contributed by atoms with Gasteiger partial charge in [-0.15, -0.1) is 0 Å². The molecule has 0 radical (unpaired) electrons. The number of hydrogen-bond donors (Lipinski definition) is 3. The highest BCUT2D eigenvalue weighted by molar-refractivity contribution is 7.89. The molecule has 0 aromatic carbocycles. The Balaban J connectivity index is 2.18. The van der Waals surface area contributed by atoms with Gasteiger partial charge >= 0.3 is 5.97 Å². The SMILES string of the molecule is N#CC1CCCC1NS(=O)(=O)c1c[nH]c(C(=O)O)c1. The summed E-state index contributed by atoms with van der Waals surface area (Å²) in [6.07, 6.45) is 3.23. The van der Waals surface area contributed by atoms with Gasteiger partial charge in [-0.3, -0.25) is 0 Å². The van der Waals surface area contributed by atoms with Gasteiger partial charge in [0.05, 0.1) is 12.0 Å². The molecule has 1 fully saturated rings. The third kappa shape index (κ3) is 2.77. The van der Waals surface area contributed by atoms with Crippen LogP contribution in [0.5, 0.6) is 0 Å². The Hall–Kier alpha value is -1.85. The van der Waals surface area contributed by atoms with E-state index < -0.39 is 22.0 Å². The first-order valence-corrected chi connectivity index (χ1v) is 7.26. The summed E-state index contributed by atoms with van der Waals surface area (Å²) in [5.74, 6) is -1.55. The molecule has 8 heteroatoms. The molecule has 0 bridgehead atoms. The number of H-pyrrole nitrogens is 1. The van der Waals surface area contributed by atoms with Crippen LogP contribution < -0.4 is 4.72 Å². The van der Waals surface area contributed by atoms with Crippen LogP contribution in [0.4, 0.5) is 0 Å². The number of carboxylic acids is 1. The van der Waals surface area contributed by atoms with Crippen molar-refractivity contribution in [3.63, 3.8) is 0 Å². The number of hydrogen-bond acceptors (Lipinski definition) is 4. The molecule has 0 aliphatic heterocycles. The van der Waals surface area contributed by atoms with Crippen LogP contribution in [0.25, 0.3) is 0 Å². The maximum absolute atomic E-state index is 12.1. The average molecular weight is 283 g/mol. The number of aromatic amines is 1. The van der Waals surface area contributed by atoms with E-state index >= 15 is 0 Å². The Bertz CT molecular complexity index is 629. The standard InChI is InChI=1S/C11H13N3O4S/c12-5-7-2-1-3-9(7)14-19(17,18)8-4-10(11(15)16)13-6-8/h4,6-7,9,13-14H,1-3H2,(H,15,16). The molecule has 0 saturated heterocycles. The first kappa shape index (κ1) is 13.6. The van der Waals surface area contributed by atoms with Crippen LogP contribution in [-0.2, 0) is 10.0 Å². The molecule has 2 unspecified atom stereocenters. The second kappa shape index (κ2) is 5.03. The Morgan fingerprint density at radius 3 is 2.84 bits per heavy atom. The van der Waals surface area contributed by atoms with Crippen molar-refractivity contribution < 1.29 is 18.3 Å². The largest absolute Gasteiger partial charge is 0.477 e. The molecule has 2 atom stereocenters. The molecule has 19 heavy (non-hydrogen) atoms. The predicted octanol–water partition coefficient (Wildman–Crippen LogP) is 0.683. The van der Waals surface area contributed by atoms with Gasteiger partial charge < -0.3 is 10.1 Å². The molecule has 1 aliphatic carbocycles. The molecule has 102 valence electrons. The van der Waals surface area contributed by atoms with E-state index in [4.69, 9.17) is 10.4 Å². The molecule has 1 heterocycles. The first-order chi connectivity index (χ1) is 8.94. The number of aromatic nitrogens is 1. The molecular formula is C11H13N3O4S. The Morgan fingerprint density at radius 1 is 1.53 bits per heavy atom. The van der Waals surface area contributed by atoms with Crippen molar-refractivity contribution in [3.8, 4) is 6.07 Å². The minimum Gasteiger partial charge on any atom is -0.477 e. The second-order valence-electron chi connectivity index (χ2n) is 4.45. The second-order valence-corrected chi connectivity index (χ2v) is 6.16. The molecule has 7 nitrogen and oxygen atoms in total. The van der Waals surface area contributed by atoms with Crippen molar-refractivity contribution in [1.82, 2.24) is 9.71 Å². The van der Waals surface area contributed by atoms with E-state index in [1.54, 1.807) is 0 Å². The number of carboxylic acid groups (broad SMARTS) is 1. The Kier molecular flexibility index (Phi) is 3.59. The van der Waals surface area contributed by atoms with Gasteiger partial charge in [-0.25, -0.2) is 17.9 Å². The fourth-order valence-electron chi connectivity index (χ4n) is 2.18. The van der Waals surface area contributed by atoms with Crippen LogP contribution in [0.15, 0.2) is 17.2 Å². The van der Waals surface area contributed by atoms with E-state index in [0.29, 0.717) is 12.8 Å². The normalized spacial score (nSPS) is 23.1. The molecule has 0 amide bonds. The lowest BCUT2D eigenvalue weighted by Gasteiger charge is -2.14. The third-order valence-electron chi connectivity index (χ3n) is 3.19. The average Bonchev–Trinajstić information content (AvgIpc) is 2.95. The van der Waals surface area contributed by atoms with E-state index in [9.17, 15) is 13.2 Å². The van der Waals surface area contributed by atoms with Crippen molar-refractivity contribution in [2.24, 2.45) is 5.92 Å².